The van der Waals surface area contributed by atoms with Crippen molar-refractivity contribution < 1.29 is 4.79 Å². The third-order valence-corrected chi connectivity index (χ3v) is 4.30. The van der Waals surface area contributed by atoms with E-state index in [9.17, 15) is 4.79 Å². The molecule has 0 aliphatic heterocycles. The van der Waals surface area contributed by atoms with Gasteiger partial charge in [0.15, 0.2) is 0 Å². The van der Waals surface area contributed by atoms with Crippen LogP contribution in [0.25, 0.3) is 22.2 Å². The number of carbonyl (C=O) groups excluding carboxylic acids is 1. The molecule has 0 saturated heterocycles. The van der Waals surface area contributed by atoms with Gasteiger partial charge in [0.05, 0.1) is 11.1 Å². The van der Waals surface area contributed by atoms with Gasteiger partial charge in [0.25, 0.3) is 5.91 Å². The van der Waals surface area contributed by atoms with Crippen LogP contribution in [0, 0.1) is 0 Å². The number of pyridine rings is 2. The molecule has 0 atom stereocenters. The Morgan fingerprint density at radius 1 is 1.04 bits per heavy atom. The van der Waals surface area contributed by atoms with E-state index in [1.807, 2.05) is 24.3 Å². The largest absolute Gasteiger partial charge is 0.348 e. The molecule has 4 rings (SSSR count). The number of H-pyrrole nitrogens is 1. The molecule has 3 heterocycles. The molecule has 0 radical (unpaired) electrons. The van der Waals surface area contributed by atoms with Crippen LogP contribution in [0.3, 0.4) is 0 Å². The minimum atomic E-state index is -0.219. The lowest BCUT2D eigenvalue weighted by molar-refractivity contribution is 0.0952. The fourth-order valence-electron chi connectivity index (χ4n) is 2.71. The van der Waals surface area contributed by atoms with E-state index in [0.717, 1.165) is 22.2 Å². The topological polar surface area (TPSA) is 83.6 Å². The van der Waals surface area contributed by atoms with Gasteiger partial charge in [-0.1, -0.05) is 23.7 Å². The second-order valence-electron chi connectivity index (χ2n) is 5.73. The summed E-state index contributed by atoms with van der Waals surface area (Å²) >= 11 is 5.88. The Bertz CT molecular complexity index is 1060. The highest BCUT2D eigenvalue weighted by atomic mass is 35.5. The second kappa shape index (κ2) is 6.93. The number of benzene rings is 1. The summed E-state index contributed by atoms with van der Waals surface area (Å²) in [5.74, 6) is -0.219. The number of hydrogen-bond acceptors (Lipinski definition) is 4. The summed E-state index contributed by atoms with van der Waals surface area (Å²) in [5.41, 5.74) is 3.71. The van der Waals surface area contributed by atoms with Crippen molar-refractivity contribution in [2.24, 2.45) is 0 Å². The van der Waals surface area contributed by atoms with Crippen molar-refractivity contribution in [3.8, 4) is 11.3 Å². The van der Waals surface area contributed by atoms with Crippen LogP contribution in [0.15, 0.2) is 61.2 Å². The zero-order valence-corrected chi connectivity index (χ0v) is 14.4. The Labute approximate surface area is 154 Å². The molecule has 26 heavy (non-hydrogen) atoms. The van der Waals surface area contributed by atoms with Gasteiger partial charge in [-0.05, 0) is 29.8 Å². The van der Waals surface area contributed by atoms with E-state index in [1.54, 1.807) is 30.7 Å². The van der Waals surface area contributed by atoms with E-state index in [1.165, 1.54) is 6.20 Å². The molecule has 1 aromatic carbocycles. The summed E-state index contributed by atoms with van der Waals surface area (Å²) in [6, 6.07) is 11.1. The lowest BCUT2D eigenvalue weighted by Gasteiger charge is -2.06. The molecular weight excluding hydrogens is 350 g/mol. The first-order chi connectivity index (χ1) is 12.7. The van der Waals surface area contributed by atoms with Gasteiger partial charge in [0, 0.05) is 47.3 Å². The number of nitrogens with one attached hydrogen (secondary N) is 2. The molecule has 4 aromatic rings. The first-order valence-electron chi connectivity index (χ1n) is 7.97. The summed E-state index contributed by atoms with van der Waals surface area (Å²) in [6.07, 6.45) is 6.64. The Kier molecular flexibility index (Phi) is 4.33. The zero-order valence-electron chi connectivity index (χ0n) is 13.6. The van der Waals surface area contributed by atoms with Crippen LogP contribution in [-0.2, 0) is 6.54 Å². The zero-order chi connectivity index (χ0) is 17.9. The maximum Gasteiger partial charge on any atom is 0.255 e. The summed E-state index contributed by atoms with van der Waals surface area (Å²) in [7, 11) is 0. The summed E-state index contributed by atoms with van der Waals surface area (Å²) in [6.45, 7) is 0.401. The molecule has 0 bridgehead atoms. The smallest absolute Gasteiger partial charge is 0.255 e. The first-order valence-corrected chi connectivity index (χ1v) is 8.35. The van der Waals surface area contributed by atoms with Crippen molar-refractivity contribution >= 4 is 28.4 Å². The van der Waals surface area contributed by atoms with E-state index >= 15 is 0 Å². The van der Waals surface area contributed by atoms with E-state index < -0.39 is 0 Å². The fraction of sp³-hybridized carbons (Fsp3) is 0.0526. The van der Waals surface area contributed by atoms with E-state index in [4.69, 9.17) is 11.6 Å². The highest BCUT2D eigenvalue weighted by Gasteiger charge is 2.16. The quantitative estimate of drug-likeness (QED) is 0.580. The standard InChI is InChI=1S/C19H14ClN5O/c20-14-3-1-12(2-4-14)9-23-19(26)16-11-22-10-15-17(24-25-18(15)16)13-5-7-21-8-6-13/h1-8,10-11H,9H2,(H,23,26)(H,24,25). The number of nitrogens with zero attached hydrogens (tertiary/aromatic N) is 3. The summed E-state index contributed by atoms with van der Waals surface area (Å²) in [5, 5.41) is 11.6. The molecule has 0 spiro atoms. The molecule has 0 aliphatic rings. The maximum absolute atomic E-state index is 12.6. The minimum Gasteiger partial charge on any atom is -0.348 e. The summed E-state index contributed by atoms with van der Waals surface area (Å²) in [4.78, 5) is 20.8. The van der Waals surface area contributed by atoms with Gasteiger partial charge in [-0.15, -0.1) is 0 Å². The molecule has 128 valence electrons. The van der Waals surface area contributed by atoms with Crippen molar-refractivity contribution in [3.63, 3.8) is 0 Å². The number of aromatic nitrogens is 4. The number of rotatable bonds is 4. The highest BCUT2D eigenvalue weighted by molar-refractivity contribution is 6.30. The molecule has 0 fully saturated rings. The predicted octanol–water partition coefficient (Wildman–Crippen LogP) is 3.60. The van der Waals surface area contributed by atoms with Crippen LogP contribution in [0.4, 0.5) is 0 Å². The van der Waals surface area contributed by atoms with Gasteiger partial charge >= 0.3 is 0 Å². The van der Waals surface area contributed by atoms with Crippen molar-refractivity contribution in [2.75, 3.05) is 0 Å². The van der Waals surface area contributed by atoms with Crippen LogP contribution in [0.2, 0.25) is 5.02 Å². The van der Waals surface area contributed by atoms with Crippen molar-refractivity contribution in [1.29, 1.82) is 0 Å². The number of carbonyl (C=O) groups is 1. The normalized spacial score (nSPS) is 10.8. The van der Waals surface area contributed by atoms with E-state index in [2.05, 4.69) is 25.5 Å². The number of halogens is 1. The molecule has 0 aliphatic carbocycles. The van der Waals surface area contributed by atoms with Crippen LogP contribution >= 0.6 is 11.6 Å². The van der Waals surface area contributed by atoms with Crippen molar-refractivity contribution in [2.45, 2.75) is 6.54 Å². The Hall–Kier alpha value is -3.25. The number of aromatic amines is 1. The molecule has 3 aromatic heterocycles. The van der Waals surface area contributed by atoms with Gasteiger partial charge in [0.2, 0.25) is 0 Å². The van der Waals surface area contributed by atoms with Gasteiger partial charge in [-0.2, -0.15) is 5.10 Å². The molecule has 6 nitrogen and oxygen atoms in total. The minimum absolute atomic E-state index is 0.219. The Morgan fingerprint density at radius 3 is 2.58 bits per heavy atom. The average molecular weight is 364 g/mol. The molecule has 1 amide bonds. The van der Waals surface area contributed by atoms with Gasteiger partial charge in [0.1, 0.15) is 5.69 Å². The van der Waals surface area contributed by atoms with Gasteiger partial charge < -0.3 is 5.32 Å². The molecular formula is C19H14ClN5O. The number of hydrogen-bond donors (Lipinski definition) is 2. The Balaban J connectivity index is 1.61. The fourth-order valence-corrected chi connectivity index (χ4v) is 2.84. The van der Waals surface area contributed by atoms with Gasteiger partial charge in [-0.25, -0.2) is 0 Å². The van der Waals surface area contributed by atoms with Crippen LogP contribution in [0.5, 0.6) is 0 Å². The monoisotopic (exact) mass is 363 g/mol. The molecule has 0 unspecified atom stereocenters. The molecule has 7 heteroatoms. The summed E-state index contributed by atoms with van der Waals surface area (Å²) < 4.78 is 0. The highest BCUT2D eigenvalue weighted by Crippen LogP contribution is 2.26. The predicted molar refractivity (Wildman–Crippen MR) is 99.7 cm³/mol. The van der Waals surface area contributed by atoms with Crippen molar-refractivity contribution in [1.82, 2.24) is 25.5 Å². The maximum atomic E-state index is 12.6. The van der Waals surface area contributed by atoms with Crippen molar-refractivity contribution in [3.05, 3.63) is 77.3 Å². The molecule has 2 N–H and O–H groups in total. The van der Waals surface area contributed by atoms with E-state index in [0.29, 0.717) is 22.6 Å². The lowest BCUT2D eigenvalue weighted by Crippen LogP contribution is -2.23. The number of fused-ring (bicyclic) bond motifs is 1. The third-order valence-electron chi connectivity index (χ3n) is 4.05. The van der Waals surface area contributed by atoms with Crippen LogP contribution < -0.4 is 5.32 Å². The van der Waals surface area contributed by atoms with Gasteiger partial charge in [-0.3, -0.25) is 19.9 Å². The SMILES string of the molecule is O=C(NCc1ccc(Cl)cc1)c1cncc2c(-c3ccncc3)n[nH]c12. The number of amides is 1. The van der Waals surface area contributed by atoms with Crippen LogP contribution in [0.1, 0.15) is 15.9 Å². The third kappa shape index (κ3) is 3.14. The van der Waals surface area contributed by atoms with Crippen LogP contribution in [-0.4, -0.2) is 26.1 Å². The first kappa shape index (κ1) is 16.2. The van der Waals surface area contributed by atoms with E-state index in [-0.39, 0.29) is 5.91 Å². The molecule has 0 saturated carbocycles. The lowest BCUT2D eigenvalue weighted by atomic mass is 10.1. The Morgan fingerprint density at radius 2 is 1.81 bits per heavy atom. The second-order valence-corrected chi connectivity index (χ2v) is 6.16. The average Bonchev–Trinajstić information content (AvgIpc) is 3.12.